The SMILES string of the molecule is CCC(C)S(=O)(=O)OC(CC)(C(F)(F)F)C(F)(F)F. The van der Waals surface area contributed by atoms with Crippen LogP contribution in [0.4, 0.5) is 26.3 Å². The maximum Gasteiger partial charge on any atom is 0.427 e. The van der Waals surface area contributed by atoms with Crippen molar-refractivity contribution in [3.8, 4) is 0 Å². The molecule has 0 aliphatic rings. The lowest BCUT2D eigenvalue weighted by Crippen LogP contribution is -2.59. The minimum absolute atomic E-state index is 0.169. The molecule has 0 bridgehead atoms. The lowest BCUT2D eigenvalue weighted by atomic mass is 10.00. The molecule has 19 heavy (non-hydrogen) atoms. The molecule has 0 saturated carbocycles. The van der Waals surface area contributed by atoms with Crippen molar-refractivity contribution in [2.24, 2.45) is 0 Å². The normalized spacial score (nSPS) is 16.5. The van der Waals surface area contributed by atoms with Crippen LogP contribution in [0, 0.1) is 0 Å². The van der Waals surface area contributed by atoms with E-state index in [0.29, 0.717) is 6.92 Å². The number of rotatable bonds is 5. The van der Waals surface area contributed by atoms with Crippen molar-refractivity contribution in [1.29, 1.82) is 0 Å². The van der Waals surface area contributed by atoms with Gasteiger partial charge in [-0.1, -0.05) is 13.8 Å². The first-order valence-electron chi connectivity index (χ1n) is 5.33. The molecule has 0 radical (unpaired) electrons. The first-order chi connectivity index (χ1) is 8.25. The average Bonchev–Trinajstić information content (AvgIpc) is 2.21. The van der Waals surface area contributed by atoms with Crippen LogP contribution in [-0.2, 0) is 14.3 Å². The molecule has 0 rings (SSSR count). The van der Waals surface area contributed by atoms with Gasteiger partial charge in [0.05, 0.1) is 5.25 Å². The summed E-state index contributed by atoms with van der Waals surface area (Å²) in [6.45, 7) is 2.84. The smallest absolute Gasteiger partial charge is 0.244 e. The van der Waals surface area contributed by atoms with Crippen LogP contribution in [0.3, 0.4) is 0 Å². The summed E-state index contributed by atoms with van der Waals surface area (Å²) in [6, 6.07) is 0. The minimum atomic E-state index is -5.89. The van der Waals surface area contributed by atoms with Crippen molar-refractivity contribution in [2.45, 2.75) is 56.8 Å². The van der Waals surface area contributed by atoms with Crippen LogP contribution in [0.2, 0.25) is 0 Å². The van der Waals surface area contributed by atoms with Crippen molar-refractivity contribution in [3.63, 3.8) is 0 Å². The Hall–Kier alpha value is -0.510. The Morgan fingerprint density at radius 1 is 1.00 bits per heavy atom. The van der Waals surface area contributed by atoms with Crippen molar-refractivity contribution in [3.05, 3.63) is 0 Å². The van der Waals surface area contributed by atoms with Gasteiger partial charge in [-0.25, -0.2) is 4.18 Å². The van der Waals surface area contributed by atoms with E-state index in [1.54, 1.807) is 0 Å². The van der Waals surface area contributed by atoms with E-state index < -0.39 is 39.7 Å². The third kappa shape index (κ3) is 3.53. The predicted octanol–water partition coefficient (Wildman–Crippen LogP) is 3.40. The van der Waals surface area contributed by atoms with Gasteiger partial charge in [0.15, 0.2) is 0 Å². The number of halogens is 6. The Balaban J connectivity index is 5.81. The minimum Gasteiger partial charge on any atom is -0.244 e. The maximum absolute atomic E-state index is 12.7. The summed E-state index contributed by atoms with van der Waals surface area (Å²) in [5, 5.41) is -1.47. The van der Waals surface area contributed by atoms with Crippen molar-refractivity contribution in [1.82, 2.24) is 0 Å². The Morgan fingerprint density at radius 3 is 1.58 bits per heavy atom. The summed E-state index contributed by atoms with van der Waals surface area (Å²) < 4.78 is 102. The molecule has 0 aromatic heterocycles. The summed E-state index contributed by atoms with van der Waals surface area (Å²) in [6.07, 6.45) is -13.5. The maximum atomic E-state index is 12.7. The third-order valence-corrected chi connectivity index (χ3v) is 4.58. The van der Waals surface area contributed by atoms with Gasteiger partial charge in [-0.05, 0) is 19.8 Å². The molecule has 0 amide bonds. The van der Waals surface area contributed by atoms with Gasteiger partial charge in [0.25, 0.3) is 15.7 Å². The van der Waals surface area contributed by atoms with Crippen molar-refractivity contribution in [2.75, 3.05) is 0 Å². The van der Waals surface area contributed by atoms with Gasteiger partial charge < -0.3 is 0 Å². The van der Waals surface area contributed by atoms with Crippen molar-refractivity contribution < 1.29 is 38.9 Å². The fourth-order valence-corrected chi connectivity index (χ4v) is 2.48. The number of hydrogen-bond acceptors (Lipinski definition) is 3. The van der Waals surface area contributed by atoms with Crippen LogP contribution in [0.25, 0.3) is 0 Å². The standard InChI is InChI=1S/C9H14F6O3S/c1-4-6(3)19(16,17)18-7(5-2,8(10,11)12)9(13,14)15/h6H,4-5H2,1-3H3. The Kier molecular flexibility index (Phi) is 5.32. The van der Waals surface area contributed by atoms with E-state index in [9.17, 15) is 34.8 Å². The molecule has 0 N–H and O–H groups in total. The molecule has 0 spiro atoms. The lowest BCUT2D eigenvalue weighted by Gasteiger charge is -2.35. The third-order valence-electron chi connectivity index (χ3n) is 2.74. The average molecular weight is 316 g/mol. The van der Waals surface area contributed by atoms with Crippen LogP contribution in [0.15, 0.2) is 0 Å². The molecule has 0 aromatic rings. The van der Waals surface area contributed by atoms with Gasteiger partial charge in [0.1, 0.15) is 0 Å². The summed E-state index contributed by atoms with van der Waals surface area (Å²) in [5.74, 6) is 0. The highest BCUT2D eigenvalue weighted by atomic mass is 32.2. The zero-order valence-electron chi connectivity index (χ0n) is 10.4. The van der Waals surface area contributed by atoms with Crippen LogP contribution in [0.1, 0.15) is 33.6 Å². The van der Waals surface area contributed by atoms with Crippen molar-refractivity contribution >= 4 is 10.1 Å². The largest absolute Gasteiger partial charge is 0.427 e. The molecule has 0 heterocycles. The van der Waals surface area contributed by atoms with Crippen LogP contribution >= 0.6 is 0 Å². The molecular formula is C9H14F6O3S. The van der Waals surface area contributed by atoms with Gasteiger partial charge in [-0.3, -0.25) is 0 Å². The van der Waals surface area contributed by atoms with Gasteiger partial charge in [-0.2, -0.15) is 34.8 Å². The zero-order valence-corrected chi connectivity index (χ0v) is 11.2. The first-order valence-corrected chi connectivity index (χ1v) is 6.80. The van der Waals surface area contributed by atoms with E-state index >= 15 is 0 Å². The van der Waals surface area contributed by atoms with Gasteiger partial charge >= 0.3 is 12.4 Å². The number of alkyl halides is 6. The van der Waals surface area contributed by atoms with Gasteiger partial charge in [0.2, 0.25) is 0 Å². The topological polar surface area (TPSA) is 43.4 Å². The van der Waals surface area contributed by atoms with E-state index in [1.165, 1.54) is 6.92 Å². The zero-order chi connectivity index (χ0) is 15.7. The highest BCUT2D eigenvalue weighted by molar-refractivity contribution is 7.87. The Labute approximate surface area is 107 Å². The van der Waals surface area contributed by atoms with E-state index in [2.05, 4.69) is 4.18 Å². The Bertz CT molecular complexity index is 383. The molecule has 1 atom stereocenters. The van der Waals surface area contributed by atoms with Crippen LogP contribution in [-0.4, -0.2) is 31.6 Å². The van der Waals surface area contributed by atoms with Crippen LogP contribution in [0.5, 0.6) is 0 Å². The number of hydrogen-bond donors (Lipinski definition) is 0. The molecule has 0 aliphatic heterocycles. The fraction of sp³-hybridized carbons (Fsp3) is 1.00. The summed E-state index contributed by atoms with van der Waals surface area (Å²) >= 11 is 0. The second kappa shape index (κ2) is 5.47. The monoisotopic (exact) mass is 316 g/mol. The second-order valence-corrected chi connectivity index (χ2v) is 5.93. The molecule has 0 saturated heterocycles. The van der Waals surface area contributed by atoms with E-state index in [1.807, 2.05) is 0 Å². The molecule has 0 aliphatic carbocycles. The molecule has 116 valence electrons. The van der Waals surface area contributed by atoms with Gasteiger partial charge in [0, 0.05) is 0 Å². The van der Waals surface area contributed by atoms with E-state index in [4.69, 9.17) is 0 Å². The molecule has 0 aromatic carbocycles. The molecular weight excluding hydrogens is 302 g/mol. The fourth-order valence-electron chi connectivity index (χ4n) is 1.20. The van der Waals surface area contributed by atoms with Crippen LogP contribution < -0.4 is 0 Å². The predicted molar refractivity (Wildman–Crippen MR) is 54.9 cm³/mol. The highest BCUT2D eigenvalue weighted by Crippen LogP contribution is 2.49. The molecule has 0 fully saturated rings. The molecule has 1 unspecified atom stereocenters. The quantitative estimate of drug-likeness (QED) is 0.577. The van der Waals surface area contributed by atoms with Gasteiger partial charge in [-0.15, -0.1) is 0 Å². The second-order valence-electron chi connectivity index (χ2n) is 3.97. The summed E-state index contributed by atoms with van der Waals surface area (Å²) in [4.78, 5) is 0. The summed E-state index contributed by atoms with van der Waals surface area (Å²) in [5.41, 5.74) is -4.71. The molecule has 3 nitrogen and oxygen atoms in total. The highest BCUT2D eigenvalue weighted by Gasteiger charge is 2.73. The first kappa shape index (κ1) is 18.5. The lowest BCUT2D eigenvalue weighted by molar-refractivity contribution is -0.357. The van der Waals surface area contributed by atoms with E-state index in [-0.39, 0.29) is 6.42 Å². The summed E-state index contributed by atoms with van der Waals surface area (Å²) in [7, 11) is -4.99. The molecule has 10 heteroatoms. The Morgan fingerprint density at radius 2 is 1.37 bits per heavy atom. The van der Waals surface area contributed by atoms with E-state index in [0.717, 1.165) is 6.92 Å².